The number of rotatable bonds is 3. The van der Waals surface area contributed by atoms with Crippen molar-refractivity contribution in [3.05, 3.63) is 41.2 Å². The van der Waals surface area contributed by atoms with Crippen LogP contribution >= 0.6 is 11.6 Å². The minimum atomic E-state index is -0.839. The fourth-order valence-electron chi connectivity index (χ4n) is 2.62. The van der Waals surface area contributed by atoms with Crippen molar-refractivity contribution in [1.29, 1.82) is 5.26 Å². The Kier molecular flexibility index (Phi) is 3.53. The van der Waals surface area contributed by atoms with Crippen molar-refractivity contribution in [3.63, 3.8) is 0 Å². The Morgan fingerprint density at radius 2 is 2.33 bits per heavy atom. The number of halogens is 1. The normalized spacial score (nSPS) is 21.5. The minimum Gasteiger partial charge on any atom is -0.386 e. The largest absolute Gasteiger partial charge is 0.386 e. The molecule has 1 N–H and O–H groups in total. The monoisotopic (exact) mass is 303 g/mol. The first-order valence-electron chi connectivity index (χ1n) is 6.61. The number of aliphatic hydroxyl groups is 1. The number of nitriles is 1. The summed E-state index contributed by atoms with van der Waals surface area (Å²) in [5, 5.41) is 27.6. The molecule has 108 valence electrons. The van der Waals surface area contributed by atoms with Gasteiger partial charge in [-0.15, -0.1) is 5.10 Å². The number of nitrogens with zero attached hydrogens (tertiary/aromatic N) is 5. The fraction of sp³-hybridized carbons (Fsp3) is 0.357. The second-order valence-corrected chi connectivity index (χ2v) is 5.68. The van der Waals surface area contributed by atoms with Gasteiger partial charge in [-0.25, -0.2) is 4.68 Å². The van der Waals surface area contributed by atoms with Crippen molar-refractivity contribution in [3.8, 4) is 6.07 Å². The third kappa shape index (κ3) is 2.84. The first-order chi connectivity index (χ1) is 10.1. The SMILES string of the molecule is N#Cc1ccc(N2CCC(O)(Cn3ccnn3)C2)cc1Cl. The van der Waals surface area contributed by atoms with Crippen molar-refractivity contribution < 1.29 is 5.11 Å². The van der Waals surface area contributed by atoms with Crippen LogP contribution in [0.15, 0.2) is 30.6 Å². The molecule has 1 saturated heterocycles. The van der Waals surface area contributed by atoms with Gasteiger partial charge < -0.3 is 10.0 Å². The average molecular weight is 304 g/mol. The van der Waals surface area contributed by atoms with Gasteiger partial charge in [0.15, 0.2) is 0 Å². The Balaban J connectivity index is 1.74. The topological polar surface area (TPSA) is 78.0 Å². The lowest BCUT2D eigenvalue weighted by Crippen LogP contribution is -2.37. The zero-order chi connectivity index (χ0) is 14.9. The van der Waals surface area contributed by atoms with Crippen LogP contribution in [0.1, 0.15) is 12.0 Å². The number of benzene rings is 1. The van der Waals surface area contributed by atoms with Crippen LogP contribution in [0, 0.1) is 11.3 Å². The smallest absolute Gasteiger partial charge is 0.103 e. The van der Waals surface area contributed by atoms with Crippen LogP contribution in [-0.2, 0) is 6.54 Å². The van der Waals surface area contributed by atoms with E-state index in [9.17, 15) is 5.11 Å². The Bertz CT molecular complexity index is 681. The van der Waals surface area contributed by atoms with Crippen LogP contribution in [0.3, 0.4) is 0 Å². The second kappa shape index (κ2) is 5.35. The highest BCUT2D eigenvalue weighted by atomic mass is 35.5. The molecule has 1 unspecified atom stereocenters. The summed E-state index contributed by atoms with van der Waals surface area (Å²) in [5.74, 6) is 0. The molecule has 3 rings (SSSR count). The van der Waals surface area contributed by atoms with E-state index in [-0.39, 0.29) is 0 Å². The van der Waals surface area contributed by atoms with Gasteiger partial charge in [0.1, 0.15) is 11.7 Å². The Labute approximate surface area is 127 Å². The van der Waals surface area contributed by atoms with Gasteiger partial charge in [-0.05, 0) is 24.6 Å². The number of hydrogen-bond acceptors (Lipinski definition) is 5. The quantitative estimate of drug-likeness (QED) is 0.928. The summed E-state index contributed by atoms with van der Waals surface area (Å²) in [6, 6.07) is 7.36. The van der Waals surface area contributed by atoms with Crippen LogP contribution in [-0.4, -0.2) is 38.8 Å². The van der Waals surface area contributed by atoms with Crippen LogP contribution in [0.25, 0.3) is 0 Å². The molecule has 21 heavy (non-hydrogen) atoms. The lowest BCUT2D eigenvalue weighted by Gasteiger charge is -2.24. The highest BCUT2D eigenvalue weighted by Gasteiger charge is 2.37. The summed E-state index contributed by atoms with van der Waals surface area (Å²) < 4.78 is 1.63. The Hall–Kier alpha value is -2.10. The molecule has 7 heteroatoms. The summed E-state index contributed by atoms with van der Waals surface area (Å²) in [6.45, 7) is 1.63. The Morgan fingerprint density at radius 3 is 3.00 bits per heavy atom. The standard InChI is InChI=1S/C14H14ClN5O/c15-13-7-12(2-1-11(13)8-16)19-5-3-14(21,9-19)10-20-6-4-17-18-20/h1-2,4,6-7,21H,3,5,9-10H2. The molecule has 1 atom stereocenters. The predicted molar refractivity (Wildman–Crippen MR) is 78.0 cm³/mol. The number of aromatic nitrogens is 3. The van der Waals surface area contributed by atoms with Crippen molar-refractivity contribution in [2.75, 3.05) is 18.0 Å². The molecule has 0 saturated carbocycles. The summed E-state index contributed by atoms with van der Waals surface area (Å²) >= 11 is 6.06. The maximum atomic E-state index is 10.6. The van der Waals surface area contributed by atoms with E-state index in [0.29, 0.717) is 30.1 Å². The first-order valence-corrected chi connectivity index (χ1v) is 6.98. The Morgan fingerprint density at radius 1 is 1.48 bits per heavy atom. The van der Waals surface area contributed by atoms with Crippen LogP contribution in [0.4, 0.5) is 5.69 Å². The van der Waals surface area contributed by atoms with Gasteiger partial charge in [0, 0.05) is 25.0 Å². The van der Waals surface area contributed by atoms with Gasteiger partial charge in [0.25, 0.3) is 0 Å². The summed E-state index contributed by atoms with van der Waals surface area (Å²) in [4.78, 5) is 2.06. The van der Waals surface area contributed by atoms with E-state index < -0.39 is 5.60 Å². The molecular weight excluding hydrogens is 290 g/mol. The molecular formula is C14H14ClN5O. The van der Waals surface area contributed by atoms with Crippen molar-refractivity contribution in [2.24, 2.45) is 0 Å². The number of β-amino-alcohol motifs (C(OH)–C–C–N with tert-alkyl or cyclic N) is 1. The molecule has 0 amide bonds. The fourth-order valence-corrected chi connectivity index (χ4v) is 2.83. The molecule has 1 aliphatic heterocycles. The van der Waals surface area contributed by atoms with E-state index in [4.69, 9.17) is 16.9 Å². The van der Waals surface area contributed by atoms with E-state index in [2.05, 4.69) is 15.2 Å². The zero-order valence-electron chi connectivity index (χ0n) is 11.3. The zero-order valence-corrected chi connectivity index (χ0v) is 12.0. The van der Waals surface area contributed by atoms with E-state index in [1.807, 2.05) is 12.1 Å². The van der Waals surface area contributed by atoms with Crippen molar-refractivity contribution in [1.82, 2.24) is 15.0 Å². The maximum absolute atomic E-state index is 10.6. The van der Waals surface area contributed by atoms with E-state index in [1.54, 1.807) is 29.2 Å². The highest BCUT2D eigenvalue weighted by molar-refractivity contribution is 6.32. The molecule has 2 aromatic rings. The van der Waals surface area contributed by atoms with Crippen molar-refractivity contribution in [2.45, 2.75) is 18.6 Å². The second-order valence-electron chi connectivity index (χ2n) is 5.27. The van der Waals surface area contributed by atoms with Crippen molar-refractivity contribution >= 4 is 17.3 Å². The molecule has 6 nitrogen and oxygen atoms in total. The molecule has 0 radical (unpaired) electrons. The molecule has 0 spiro atoms. The lowest BCUT2D eigenvalue weighted by molar-refractivity contribution is 0.0409. The van der Waals surface area contributed by atoms with E-state index >= 15 is 0 Å². The summed E-state index contributed by atoms with van der Waals surface area (Å²) in [6.07, 6.45) is 3.97. The molecule has 1 aromatic carbocycles. The minimum absolute atomic E-state index is 0.410. The molecule has 0 bridgehead atoms. The molecule has 1 aliphatic rings. The number of anilines is 1. The van der Waals surface area contributed by atoms with Crippen LogP contribution in [0.5, 0.6) is 0 Å². The maximum Gasteiger partial charge on any atom is 0.103 e. The van der Waals surface area contributed by atoms with Gasteiger partial charge in [-0.3, -0.25) is 0 Å². The molecule has 0 aliphatic carbocycles. The molecule has 2 heterocycles. The molecule has 1 fully saturated rings. The third-order valence-corrected chi connectivity index (χ3v) is 4.01. The summed E-state index contributed by atoms with van der Waals surface area (Å²) in [5.41, 5.74) is 0.527. The van der Waals surface area contributed by atoms with Gasteiger partial charge >= 0.3 is 0 Å². The van der Waals surface area contributed by atoms with Crippen LogP contribution < -0.4 is 4.90 Å². The predicted octanol–water partition coefficient (Wildman–Crippen LogP) is 1.44. The molecule has 1 aromatic heterocycles. The average Bonchev–Trinajstić information content (AvgIpc) is 3.09. The lowest BCUT2D eigenvalue weighted by atomic mass is 10.0. The third-order valence-electron chi connectivity index (χ3n) is 3.70. The van der Waals surface area contributed by atoms with Gasteiger partial charge in [-0.1, -0.05) is 16.8 Å². The van der Waals surface area contributed by atoms with Gasteiger partial charge in [0.2, 0.25) is 0 Å². The first kappa shape index (κ1) is 13.9. The van der Waals surface area contributed by atoms with Gasteiger partial charge in [0.05, 0.1) is 23.3 Å². The van der Waals surface area contributed by atoms with E-state index in [1.165, 1.54) is 0 Å². The number of hydrogen-bond donors (Lipinski definition) is 1. The van der Waals surface area contributed by atoms with E-state index in [0.717, 1.165) is 12.2 Å². The highest BCUT2D eigenvalue weighted by Crippen LogP contribution is 2.30. The van der Waals surface area contributed by atoms with Crippen LogP contribution in [0.2, 0.25) is 5.02 Å². The summed E-state index contributed by atoms with van der Waals surface area (Å²) in [7, 11) is 0. The van der Waals surface area contributed by atoms with Gasteiger partial charge in [-0.2, -0.15) is 5.26 Å².